The maximum atomic E-state index is 13.5. The van der Waals surface area contributed by atoms with Gasteiger partial charge in [-0.05, 0) is 24.0 Å². The number of aromatic nitrogens is 2. The highest BCUT2D eigenvalue weighted by molar-refractivity contribution is 5.96. The van der Waals surface area contributed by atoms with Crippen molar-refractivity contribution in [2.75, 3.05) is 19.8 Å². The van der Waals surface area contributed by atoms with Crippen molar-refractivity contribution in [3.8, 4) is 5.75 Å². The number of nitrogens with zero attached hydrogens (tertiary/aromatic N) is 3. The van der Waals surface area contributed by atoms with Gasteiger partial charge in [-0.2, -0.15) is 5.10 Å². The van der Waals surface area contributed by atoms with Gasteiger partial charge in [-0.1, -0.05) is 60.7 Å². The van der Waals surface area contributed by atoms with Gasteiger partial charge in [-0.3, -0.25) is 14.3 Å². The third kappa shape index (κ3) is 3.58. The zero-order valence-electron chi connectivity index (χ0n) is 17.6. The topological polar surface area (TPSA) is 84.7 Å². The Kier molecular flexibility index (Phi) is 5.49. The van der Waals surface area contributed by atoms with E-state index in [1.54, 1.807) is 4.68 Å². The molecular weight excluding hydrogens is 406 g/mol. The van der Waals surface area contributed by atoms with Crippen molar-refractivity contribution < 1.29 is 14.6 Å². The van der Waals surface area contributed by atoms with Gasteiger partial charge >= 0.3 is 0 Å². The molecule has 2 aliphatic heterocycles. The smallest absolute Gasteiger partial charge is 0.276 e. The molecule has 1 fully saturated rings. The van der Waals surface area contributed by atoms with Crippen molar-refractivity contribution in [3.63, 3.8) is 0 Å². The van der Waals surface area contributed by atoms with Gasteiger partial charge in [-0.25, -0.2) is 0 Å². The summed E-state index contributed by atoms with van der Waals surface area (Å²) in [6.07, 6.45) is 2.55. The van der Waals surface area contributed by atoms with E-state index in [0.717, 1.165) is 30.2 Å². The molecule has 164 valence electrons. The molecule has 1 unspecified atom stereocenters. The van der Waals surface area contributed by atoms with Crippen LogP contribution in [0.1, 0.15) is 46.4 Å². The molecule has 1 saturated heterocycles. The number of hydrogen-bond acceptors (Lipinski definition) is 5. The highest BCUT2D eigenvalue weighted by atomic mass is 16.5. The summed E-state index contributed by atoms with van der Waals surface area (Å²) in [5.74, 6) is -1.01. The molecule has 7 heteroatoms. The molecule has 0 aliphatic carbocycles. The lowest BCUT2D eigenvalue weighted by atomic mass is 9.83. The van der Waals surface area contributed by atoms with Crippen LogP contribution in [0, 0.1) is 0 Å². The number of hydrogen-bond donors (Lipinski definition) is 1. The van der Waals surface area contributed by atoms with Gasteiger partial charge in [0, 0.05) is 31.7 Å². The minimum absolute atomic E-state index is 0.00518. The first-order valence-electron chi connectivity index (χ1n) is 10.9. The average Bonchev–Trinajstić information content (AvgIpc) is 2.84. The number of amides is 1. The molecule has 1 atom stereocenters. The van der Waals surface area contributed by atoms with Crippen LogP contribution in [-0.4, -0.2) is 51.5 Å². The van der Waals surface area contributed by atoms with Crippen molar-refractivity contribution in [3.05, 3.63) is 93.9 Å². The van der Waals surface area contributed by atoms with Crippen LogP contribution in [0.15, 0.2) is 71.7 Å². The summed E-state index contributed by atoms with van der Waals surface area (Å²) in [6.45, 7) is 1.61. The Bertz CT molecular complexity index is 1120. The van der Waals surface area contributed by atoms with Crippen LogP contribution in [0.25, 0.3) is 0 Å². The van der Waals surface area contributed by atoms with Crippen molar-refractivity contribution in [1.82, 2.24) is 14.7 Å². The predicted molar refractivity (Wildman–Crippen MR) is 119 cm³/mol. The van der Waals surface area contributed by atoms with Crippen LogP contribution in [0.5, 0.6) is 5.75 Å². The lowest BCUT2D eigenvalue weighted by Gasteiger charge is -2.43. The Morgan fingerprint density at radius 1 is 0.938 bits per heavy atom. The highest BCUT2D eigenvalue weighted by Crippen LogP contribution is 2.40. The first-order chi connectivity index (χ1) is 15.6. The normalized spacial score (nSPS) is 19.2. The summed E-state index contributed by atoms with van der Waals surface area (Å²) in [4.78, 5) is 27.5. The molecule has 0 bridgehead atoms. The van der Waals surface area contributed by atoms with Gasteiger partial charge in [0.2, 0.25) is 5.43 Å². The molecule has 0 saturated carbocycles. The summed E-state index contributed by atoms with van der Waals surface area (Å²) >= 11 is 0. The number of aromatic hydroxyl groups is 1. The summed E-state index contributed by atoms with van der Waals surface area (Å²) in [5, 5.41) is 15.0. The SMILES string of the molecule is O=C1c2c(O)c(=O)cnn2C(C(c2ccccc2)c2ccccc2)CN1C1CCOCC1. The molecule has 2 aliphatic rings. The number of benzene rings is 2. The van der Waals surface area contributed by atoms with Gasteiger partial charge < -0.3 is 14.7 Å². The molecular formula is C25H25N3O4. The minimum atomic E-state index is -0.645. The molecule has 5 rings (SSSR count). The number of carbonyl (C=O) groups is 1. The van der Waals surface area contributed by atoms with Crippen LogP contribution in [-0.2, 0) is 4.74 Å². The van der Waals surface area contributed by atoms with E-state index in [0.29, 0.717) is 19.8 Å². The summed E-state index contributed by atoms with van der Waals surface area (Å²) in [5.41, 5.74) is 1.48. The largest absolute Gasteiger partial charge is 0.502 e. The molecule has 1 amide bonds. The van der Waals surface area contributed by atoms with E-state index in [1.165, 1.54) is 0 Å². The van der Waals surface area contributed by atoms with E-state index in [2.05, 4.69) is 29.4 Å². The maximum absolute atomic E-state index is 13.5. The fourth-order valence-electron chi connectivity index (χ4n) is 4.92. The molecule has 7 nitrogen and oxygen atoms in total. The summed E-state index contributed by atoms with van der Waals surface area (Å²) in [6, 6.07) is 19.9. The Labute approximate surface area is 185 Å². The van der Waals surface area contributed by atoms with Crippen molar-refractivity contribution in [1.29, 1.82) is 0 Å². The Morgan fingerprint density at radius 2 is 1.53 bits per heavy atom. The van der Waals surface area contributed by atoms with Crippen molar-refractivity contribution in [2.45, 2.75) is 30.8 Å². The Morgan fingerprint density at radius 3 is 2.12 bits per heavy atom. The highest BCUT2D eigenvalue weighted by Gasteiger charge is 2.42. The van der Waals surface area contributed by atoms with Crippen LogP contribution in [0.3, 0.4) is 0 Å². The van der Waals surface area contributed by atoms with Gasteiger partial charge in [0.1, 0.15) is 0 Å². The number of carbonyl (C=O) groups excluding carboxylic acids is 1. The second kappa shape index (κ2) is 8.59. The second-order valence-electron chi connectivity index (χ2n) is 8.32. The zero-order chi connectivity index (χ0) is 22.1. The number of fused-ring (bicyclic) bond motifs is 1. The molecule has 0 spiro atoms. The molecule has 1 aromatic heterocycles. The number of rotatable bonds is 4. The molecule has 2 aromatic carbocycles. The van der Waals surface area contributed by atoms with Gasteiger partial charge in [0.05, 0.1) is 12.2 Å². The Balaban J connectivity index is 1.68. The quantitative estimate of drug-likeness (QED) is 0.687. The lowest BCUT2D eigenvalue weighted by Crippen LogP contribution is -2.52. The molecule has 3 heterocycles. The van der Waals surface area contributed by atoms with Crippen molar-refractivity contribution in [2.24, 2.45) is 0 Å². The summed E-state index contributed by atoms with van der Waals surface area (Å²) in [7, 11) is 0. The van der Waals surface area contributed by atoms with Crippen LogP contribution < -0.4 is 5.43 Å². The first kappa shape index (κ1) is 20.5. The van der Waals surface area contributed by atoms with E-state index >= 15 is 0 Å². The van der Waals surface area contributed by atoms with E-state index < -0.39 is 11.2 Å². The average molecular weight is 431 g/mol. The van der Waals surface area contributed by atoms with Crippen LogP contribution >= 0.6 is 0 Å². The van der Waals surface area contributed by atoms with Crippen LogP contribution in [0.4, 0.5) is 0 Å². The van der Waals surface area contributed by atoms with Gasteiger partial charge in [-0.15, -0.1) is 0 Å². The van der Waals surface area contributed by atoms with Crippen molar-refractivity contribution >= 4 is 5.91 Å². The third-order valence-corrected chi connectivity index (χ3v) is 6.48. The van der Waals surface area contributed by atoms with Gasteiger partial charge in [0.25, 0.3) is 5.91 Å². The van der Waals surface area contributed by atoms with Crippen LogP contribution in [0.2, 0.25) is 0 Å². The van der Waals surface area contributed by atoms with E-state index in [1.807, 2.05) is 41.3 Å². The molecule has 32 heavy (non-hydrogen) atoms. The minimum Gasteiger partial charge on any atom is -0.502 e. The molecule has 1 N–H and O–H groups in total. The third-order valence-electron chi connectivity index (χ3n) is 6.48. The van der Waals surface area contributed by atoms with E-state index in [4.69, 9.17) is 4.74 Å². The Hall–Kier alpha value is -3.45. The predicted octanol–water partition coefficient (Wildman–Crippen LogP) is 2.96. The lowest BCUT2D eigenvalue weighted by molar-refractivity contribution is 0.0172. The van der Waals surface area contributed by atoms with Gasteiger partial charge in [0.15, 0.2) is 11.4 Å². The second-order valence-corrected chi connectivity index (χ2v) is 8.32. The fraction of sp³-hybridized carbons (Fsp3) is 0.320. The standard InChI is InChI=1S/C25H25N3O4/c29-21-15-26-28-20(22(17-7-3-1-4-8-17)18-9-5-2-6-10-18)16-27(19-11-13-32-14-12-19)25(31)23(28)24(21)30/h1-10,15,19-20,22,30H,11-14,16H2. The fourth-order valence-corrected chi connectivity index (χ4v) is 4.92. The first-order valence-corrected chi connectivity index (χ1v) is 10.9. The zero-order valence-corrected chi connectivity index (χ0v) is 17.6. The van der Waals surface area contributed by atoms with E-state index in [9.17, 15) is 14.7 Å². The molecule has 0 radical (unpaired) electrons. The van der Waals surface area contributed by atoms with E-state index in [-0.39, 0.29) is 29.6 Å². The number of ether oxygens (including phenoxy) is 1. The summed E-state index contributed by atoms with van der Waals surface area (Å²) < 4.78 is 7.05. The molecule has 3 aromatic rings. The maximum Gasteiger partial charge on any atom is 0.276 e. The monoisotopic (exact) mass is 431 g/mol.